The van der Waals surface area contributed by atoms with Crippen molar-refractivity contribution in [2.75, 3.05) is 12.3 Å². The van der Waals surface area contributed by atoms with Crippen molar-refractivity contribution in [2.24, 2.45) is 0 Å². The van der Waals surface area contributed by atoms with E-state index in [0.717, 1.165) is 12.3 Å². The molecule has 4 N–H and O–H groups in total. The number of rotatable bonds is 4. The fourth-order valence-electron chi connectivity index (χ4n) is 1.93. The highest BCUT2D eigenvalue weighted by molar-refractivity contribution is 5.23. The van der Waals surface area contributed by atoms with Gasteiger partial charge in [-0.05, 0) is 15.1 Å². The van der Waals surface area contributed by atoms with Gasteiger partial charge in [0.25, 0.3) is 0 Å². The number of hydrogen-bond donors (Lipinski definition) is 3. The molecule has 20 heavy (non-hydrogen) atoms. The summed E-state index contributed by atoms with van der Waals surface area (Å²) in [6.45, 7) is -0.788. The van der Waals surface area contributed by atoms with E-state index in [0.29, 0.717) is 4.57 Å². The summed E-state index contributed by atoms with van der Waals surface area (Å²) in [5, 5.41) is 18.7. The number of anilines is 1. The Balaban J connectivity index is 2.50. The number of hydrogen-bond acceptors (Lipinski definition) is 8. The second-order valence-corrected chi connectivity index (χ2v) is 4.07. The number of nitrogens with two attached hydrogens (primary N) is 1. The molecule has 1 aromatic heterocycles. The Bertz CT molecular complexity index is 537. The number of aromatic nitrogens is 2. The first-order valence-corrected chi connectivity index (χ1v) is 5.38. The number of nitrogens with zero attached hydrogens (tertiary/aromatic N) is 2. The Kier molecular flexibility index (Phi) is 3.96. The van der Waals surface area contributed by atoms with Gasteiger partial charge in [0.1, 0.15) is 18.0 Å². The van der Waals surface area contributed by atoms with E-state index < -0.39 is 36.5 Å². The highest BCUT2D eigenvalue weighted by Gasteiger charge is 2.63. The molecule has 0 spiro atoms. The van der Waals surface area contributed by atoms with Gasteiger partial charge in [-0.1, -0.05) is 0 Å². The molecule has 11 heteroatoms. The third-order valence-electron chi connectivity index (χ3n) is 2.94. The molecule has 2 heterocycles. The summed E-state index contributed by atoms with van der Waals surface area (Å²) in [7, 11) is 0. The van der Waals surface area contributed by atoms with E-state index >= 15 is 0 Å². The molecule has 0 radical (unpaired) electrons. The topological polar surface area (TPSA) is 129 Å². The second-order valence-electron chi connectivity index (χ2n) is 4.07. The van der Waals surface area contributed by atoms with Crippen LogP contribution in [0.4, 0.5) is 14.9 Å². The van der Waals surface area contributed by atoms with Crippen LogP contribution >= 0.6 is 0 Å². The highest BCUT2D eigenvalue weighted by Crippen LogP contribution is 2.42. The van der Waals surface area contributed by atoms with E-state index in [1.165, 1.54) is 0 Å². The van der Waals surface area contributed by atoms with Crippen LogP contribution in [-0.2, 0) is 14.6 Å². The molecule has 0 saturated carbocycles. The van der Waals surface area contributed by atoms with Crippen molar-refractivity contribution in [3.63, 3.8) is 0 Å². The number of aliphatic hydroxyl groups is 2. The average Bonchev–Trinajstić information content (AvgIpc) is 2.71. The van der Waals surface area contributed by atoms with Gasteiger partial charge >= 0.3 is 11.5 Å². The molecule has 112 valence electrons. The molecule has 0 amide bonds. The second kappa shape index (κ2) is 5.38. The molecule has 1 aromatic rings. The first-order valence-electron chi connectivity index (χ1n) is 5.38. The van der Waals surface area contributed by atoms with Crippen molar-refractivity contribution in [3.8, 4) is 0 Å². The Morgan fingerprint density at radius 3 is 2.70 bits per heavy atom. The predicted molar refractivity (Wildman–Crippen MR) is 57.0 cm³/mol. The summed E-state index contributed by atoms with van der Waals surface area (Å²) in [6.07, 6.45) is -4.30. The van der Waals surface area contributed by atoms with Gasteiger partial charge in [-0.15, -0.1) is 9.88 Å². The Labute approximate surface area is 109 Å². The van der Waals surface area contributed by atoms with Gasteiger partial charge in [-0.25, -0.2) is 4.79 Å². The number of ether oxygens (including phenoxy) is 1. The SMILES string of the molecule is Nc1ccn(C2O[C@H](CO)[C@@H](O)C2(OF)OF)c(=O)n1. The van der Waals surface area contributed by atoms with Crippen LogP contribution in [-0.4, -0.2) is 44.4 Å². The summed E-state index contributed by atoms with van der Waals surface area (Å²) >= 11 is 0. The summed E-state index contributed by atoms with van der Waals surface area (Å²) < 4.78 is 31.0. The molecule has 1 unspecified atom stereocenters. The molecule has 9 nitrogen and oxygen atoms in total. The van der Waals surface area contributed by atoms with E-state index in [9.17, 15) is 19.0 Å². The molecule has 0 bridgehead atoms. The third-order valence-corrected chi connectivity index (χ3v) is 2.94. The quantitative estimate of drug-likeness (QED) is 0.577. The fraction of sp³-hybridized carbons (Fsp3) is 0.556. The van der Waals surface area contributed by atoms with Crippen LogP contribution in [0.2, 0.25) is 0 Å². The van der Waals surface area contributed by atoms with E-state index in [4.69, 9.17) is 15.6 Å². The van der Waals surface area contributed by atoms with Crippen molar-refractivity contribution >= 4 is 5.82 Å². The maximum absolute atomic E-state index is 12.7. The summed E-state index contributed by atoms with van der Waals surface area (Å²) in [5.74, 6) is -3.09. The minimum Gasteiger partial charge on any atom is -0.394 e. The van der Waals surface area contributed by atoms with Crippen molar-refractivity contribution in [1.29, 1.82) is 0 Å². The largest absolute Gasteiger partial charge is 0.394 e. The molecular weight excluding hydrogens is 284 g/mol. The van der Waals surface area contributed by atoms with Crippen LogP contribution < -0.4 is 11.4 Å². The van der Waals surface area contributed by atoms with Crippen LogP contribution in [0.25, 0.3) is 0 Å². The lowest BCUT2D eigenvalue weighted by atomic mass is 10.1. The molecule has 0 aromatic carbocycles. The molecule has 1 aliphatic rings. The number of aliphatic hydroxyl groups excluding tert-OH is 2. The maximum Gasteiger partial charge on any atom is 0.351 e. The highest BCUT2D eigenvalue weighted by atomic mass is 19.3. The van der Waals surface area contributed by atoms with Crippen molar-refractivity contribution in [3.05, 3.63) is 22.7 Å². The van der Waals surface area contributed by atoms with Crippen LogP contribution in [0.5, 0.6) is 0 Å². The minimum absolute atomic E-state index is 0.128. The van der Waals surface area contributed by atoms with Crippen molar-refractivity contribution in [1.82, 2.24) is 9.55 Å². The number of nitrogen functional groups attached to an aromatic ring is 1. The fourth-order valence-corrected chi connectivity index (χ4v) is 1.93. The summed E-state index contributed by atoms with van der Waals surface area (Å²) in [4.78, 5) is 21.7. The summed E-state index contributed by atoms with van der Waals surface area (Å²) in [5.41, 5.74) is 4.26. The van der Waals surface area contributed by atoms with Gasteiger partial charge in [0, 0.05) is 6.20 Å². The lowest BCUT2D eigenvalue weighted by Crippen LogP contribution is -2.50. The molecule has 1 saturated heterocycles. The third kappa shape index (κ3) is 2.05. The summed E-state index contributed by atoms with van der Waals surface area (Å²) in [6, 6.07) is 1.16. The lowest BCUT2D eigenvalue weighted by molar-refractivity contribution is -0.448. The molecule has 3 atom stereocenters. The zero-order valence-electron chi connectivity index (χ0n) is 9.85. The molecule has 1 aliphatic heterocycles. The van der Waals surface area contributed by atoms with E-state index in [-0.39, 0.29) is 5.82 Å². The normalized spacial score (nSPS) is 28.7. The van der Waals surface area contributed by atoms with Gasteiger partial charge in [-0.3, -0.25) is 4.57 Å². The van der Waals surface area contributed by atoms with Crippen LogP contribution in [0.1, 0.15) is 6.23 Å². The smallest absolute Gasteiger partial charge is 0.351 e. The average molecular weight is 295 g/mol. The van der Waals surface area contributed by atoms with E-state index in [1.807, 2.05) is 0 Å². The van der Waals surface area contributed by atoms with E-state index in [1.54, 1.807) is 0 Å². The van der Waals surface area contributed by atoms with Gasteiger partial charge < -0.3 is 20.7 Å². The zero-order valence-corrected chi connectivity index (χ0v) is 9.85. The zero-order chi connectivity index (χ0) is 14.9. The molecule has 0 aliphatic carbocycles. The van der Waals surface area contributed by atoms with E-state index in [2.05, 4.69) is 14.9 Å². The predicted octanol–water partition coefficient (Wildman–Crippen LogP) is -1.43. The van der Waals surface area contributed by atoms with Gasteiger partial charge in [0.05, 0.1) is 6.61 Å². The Hall–Kier alpha value is -1.66. The minimum atomic E-state index is -2.96. The molecular formula is C9H11F2N3O6. The van der Waals surface area contributed by atoms with Crippen LogP contribution in [0.3, 0.4) is 0 Å². The maximum atomic E-state index is 12.7. The molecule has 1 fully saturated rings. The standard InChI is InChI=1S/C9H11F2N3O6/c10-19-9(20-11)6(16)4(3-15)18-7(9)14-2-1-5(12)13-8(14)17/h1-2,4,6-7,15-16H,3H2,(H2,12,13,17)/t4-,6-,7?/m1/s1. The van der Waals surface area contributed by atoms with Gasteiger partial charge in [0.2, 0.25) is 6.23 Å². The van der Waals surface area contributed by atoms with Crippen LogP contribution in [0.15, 0.2) is 17.1 Å². The Morgan fingerprint density at radius 2 is 2.20 bits per heavy atom. The van der Waals surface area contributed by atoms with Gasteiger partial charge in [-0.2, -0.15) is 4.98 Å². The lowest BCUT2D eigenvalue weighted by Gasteiger charge is -2.27. The first kappa shape index (κ1) is 14.7. The first-order chi connectivity index (χ1) is 9.50. The van der Waals surface area contributed by atoms with Gasteiger partial charge in [0.15, 0.2) is 0 Å². The monoisotopic (exact) mass is 295 g/mol. The Morgan fingerprint density at radius 1 is 1.55 bits per heavy atom. The number of halogens is 2. The van der Waals surface area contributed by atoms with Crippen molar-refractivity contribution < 1.29 is 33.9 Å². The van der Waals surface area contributed by atoms with Crippen LogP contribution in [0, 0.1) is 0 Å². The molecule has 2 rings (SSSR count). The van der Waals surface area contributed by atoms with Crippen molar-refractivity contribution in [2.45, 2.75) is 24.2 Å².